The number of hydrogen-bond donors (Lipinski definition) is 1. The Kier molecular flexibility index (Phi) is 2.41. The second-order valence-corrected chi connectivity index (χ2v) is 4.54. The number of nitrogens with zero attached hydrogens (tertiary/aromatic N) is 2. The molecule has 0 aliphatic carbocycles. The van der Waals surface area contributed by atoms with E-state index >= 15 is 0 Å². The molecule has 1 N–H and O–H groups in total. The summed E-state index contributed by atoms with van der Waals surface area (Å²) in [5, 5.41) is 13.7. The van der Waals surface area contributed by atoms with E-state index in [-0.39, 0.29) is 5.76 Å². The Labute approximate surface area is 109 Å². The van der Waals surface area contributed by atoms with Gasteiger partial charge in [-0.15, -0.1) is 0 Å². The number of rotatable bonds is 2. The summed E-state index contributed by atoms with van der Waals surface area (Å²) in [6, 6.07) is 7.33. The molecule has 3 aromatic rings. The molecule has 0 bridgehead atoms. The lowest BCUT2D eigenvalue weighted by Gasteiger charge is -1.99. The van der Waals surface area contributed by atoms with E-state index in [0.29, 0.717) is 5.69 Å². The van der Waals surface area contributed by atoms with E-state index in [2.05, 4.69) is 15.9 Å². The van der Waals surface area contributed by atoms with E-state index in [0.717, 1.165) is 16.5 Å². The van der Waals surface area contributed by atoms with E-state index in [9.17, 15) is 4.79 Å². The SMILES string of the molecule is Cc1cn(C)c2ccc(-c3cc(C(=O)O)on3)cc12. The molecule has 0 saturated carbocycles. The maximum absolute atomic E-state index is 10.8. The predicted octanol–water partition coefficient (Wildman–Crippen LogP) is 2.84. The van der Waals surface area contributed by atoms with Gasteiger partial charge in [0.2, 0.25) is 5.76 Å². The van der Waals surface area contributed by atoms with Crippen molar-refractivity contribution in [1.82, 2.24) is 9.72 Å². The number of carbonyl (C=O) groups is 1. The van der Waals surface area contributed by atoms with Crippen molar-refractivity contribution in [1.29, 1.82) is 0 Å². The summed E-state index contributed by atoms with van der Waals surface area (Å²) in [6.45, 7) is 2.04. The molecule has 0 radical (unpaired) electrons. The van der Waals surface area contributed by atoms with Gasteiger partial charge in [0.15, 0.2) is 0 Å². The molecule has 2 heterocycles. The Bertz CT molecular complexity index is 783. The molecule has 3 rings (SSSR count). The predicted molar refractivity (Wildman–Crippen MR) is 70.1 cm³/mol. The first-order valence-corrected chi connectivity index (χ1v) is 5.82. The number of aryl methyl sites for hydroxylation is 2. The minimum absolute atomic E-state index is 0.153. The molecule has 2 aromatic heterocycles. The van der Waals surface area contributed by atoms with Crippen molar-refractivity contribution in [3.05, 3.63) is 41.8 Å². The van der Waals surface area contributed by atoms with Crippen LogP contribution in [0.15, 0.2) is 35.0 Å². The van der Waals surface area contributed by atoms with E-state index in [1.54, 1.807) is 0 Å². The van der Waals surface area contributed by atoms with Crippen LogP contribution in [0.4, 0.5) is 0 Å². The highest BCUT2D eigenvalue weighted by Gasteiger charge is 2.13. The lowest BCUT2D eigenvalue weighted by atomic mass is 10.1. The van der Waals surface area contributed by atoms with Crippen molar-refractivity contribution >= 4 is 16.9 Å². The number of aromatic nitrogens is 2. The van der Waals surface area contributed by atoms with E-state index < -0.39 is 5.97 Å². The third-order valence-corrected chi connectivity index (χ3v) is 3.21. The third kappa shape index (κ3) is 1.79. The lowest BCUT2D eigenvalue weighted by molar-refractivity contribution is 0.0652. The van der Waals surface area contributed by atoms with E-state index in [4.69, 9.17) is 9.63 Å². The van der Waals surface area contributed by atoms with Gasteiger partial charge in [0.1, 0.15) is 5.69 Å². The average molecular weight is 256 g/mol. The third-order valence-electron chi connectivity index (χ3n) is 3.21. The molecule has 0 fully saturated rings. The summed E-state index contributed by atoms with van der Waals surface area (Å²) >= 11 is 0. The van der Waals surface area contributed by atoms with Gasteiger partial charge >= 0.3 is 5.97 Å². The standard InChI is InChI=1S/C14H12N2O3/c1-8-7-16(2)12-4-3-9(5-10(8)12)11-6-13(14(17)18)19-15-11/h3-7H,1-2H3,(H,17,18). The fourth-order valence-corrected chi connectivity index (χ4v) is 2.26. The smallest absolute Gasteiger partial charge is 0.374 e. The van der Waals surface area contributed by atoms with Crippen molar-refractivity contribution in [3.63, 3.8) is 0 Å². The molecule has 0 atom stereocenters. The molecule has 5 heteroatoms. The van der Waals surface area contributed by atoms with Gasteiger partial charge in [-0.05, 0) is 24.6 Å². The van der Waals surface area contributed by atoms with Crippen molar-refractivity contribution in [2.75, 3.05) is 0 Å². The highest BCUT2D eigenvalue weighted by Crippen LogP contribution is 2.27. The molecular formula is C14H12N2O3. The van der Waals surface area contributed by atoms with Crippen LogP contribution < -0.4 is 0 Å². The lowest BCUT2D eigenvalue weighted by Crippen LogP contribution is -1.91. The number of hydrogen-bond acceptors (Lipinski definition) is 3. The Hall–Kier alpha value is -2.56. The Morgan fingerprint density at radius 1 is 1.37 bits per heavy atom. The van der Waals surface area contributed by atoms with Gasteiger partial charge in [-0.2, -0.15) is 0 Å². The van der Waals surface area contributed by atoms with Crippen LogP contribution in [-0.4, -0.2) is 20.8 Å². The van der Waals surface area contributed by atoms with E-state index in [1.165, 1.54) is 11.6 Å². The Balaban J connectivity index is 2.14. The van der Waals surface area contributed by atoms with Crippen LogP contribution in [0.2, 0.25) is 0 Å². The fraction of sp³-hybridized carbons (Fsp3) is 0.143. The monoisotopic (exact) mass is 256 g/mol. The molecule has 0 spiro atoms. The number of carboxylic acid groups (broad SMARTS) is 1. The molecule has 96 valence electrons. The summed E-state index contributed by atoms with van der Waals surface area (Å²) in [5.41, 5.74) is 3.67. The van der Waals surface area contributed by atoms with Crippen molar-refractivity contribution in [2.45, 2.75) is 6.92 Å². The maximum Gasteiger partial charge on any atom is 0.374 e. The molecule has 0 aliphatic heterocycles. The van der Waals surface area contributed by atoms with Gasteiger partial charge in [0, 0.05) is 35.8 Å². The molecule has 1 aromatic carbocycles. The largest absolute Gasteiger partial charge is 0.475 e. The van der Waals surface area contributed by atoms with Crippen LogP contribution in [0.3, 0.4) is 0 Å². The van der Waals surface area contributed by atoms with Crippen LogP contribution in [0.25, 0.3) is 22.2 Å². The molecule has 19 heavy (non-hydrogen) atoms. The maximum atomic E-state index is 10.8. The second-order valence-electron chi connectivity index (χ2n) is 4.54. The Morgan fingerprint density at radius 2 is 2.16 bits per heavy atom. The van der Waals surface area contributed by atoms with Gasteiger partial charge in [-0.3, -0.25) is 0 Å². The number of benzene rings is 1. The first kappa shape index (κ1) is 11.5. The average Bonchev–Trinajstić information content (AvgIpc) is 2.96. The zero-order valence-electron chi connectivity index (χ0n) is 10.5. The minimum Gasteiger partial charge on any atom is -0.475 e. The van der Waals surface area contributed by atoms with Crippen molar-refractivity contribution in [3.8, 4) is 11.3 Å². The van der Waals surface area contributed by atoms with Crippen LogP contribution in [0, 0.1) is 6.92 Å². The summed E-state index contributed by atoms with van der Waals surface area (Å²) in [5.74, 6) is -1.27. The minimum atomic E-state index is -1.12. The van der Waals surface area contributed by atoms with Gasteiger partial charge in [-0.25, -0.2) is 4.79 Å². The first-order chi connectivity index (χ1) is 9.06. The fourth-order valence-electron chi connectivity index (χ4n) is 2.26. The second kappa shape index (κ2) is 3.98. The summed E-state index contributed by atoms with van der Waals surface area (Å²) in [6.07, 6.45) is 2.06. The zero-order valence-corrected chi connectivity index (χ0v) is 10.5. The molecular weight excluding hydrogens is 244 g/mol. The van der Waals surface area contributed by atoms with Crippen LogP contribution in [0.1, 0.15) is 16.1 Å². The molecule has 0 aliphatic rings. The number of aromatic carboxylic acids is 1. The van der Waals surface area contributed by atoms with Crippen molar-refractivity contribution < 1.29 is 14.4 Å². The highest BCUT2D eigenvalue weighted by molar-refractivity contribution is 5.89. The normalized spacial score (nSPS) is 11.1. The highest BCUT2D eigenvalue weighted by atomic mass is 16.5. The number of fused-ring (bicyclic) bond motifs is 1. The van der Waals surface area contributed by atoms with E-state index in [1.807, 2.05) is 32.2 Å². The van der Waals surface area contributed by atoms with Gasteiger partial charge < -0.3 is 14.2 Å². The first-order valence-electron chi connectivity index (χ1n) is 5.82. The topological polar surface area (TPSA) is 68.3 Å². The number of carboxylic acids is 1. The molecule has 0 saturated heterocycles. The zero-order chi connectivity index (χ0) is 13.6. The van der Waals surface area contributed by atoms with Gasteiger partial charge in [-0.1, -0.05) is 11.2 Å². The van der Waals surface area contributed by atoms with Crippen molar-refractivity contribution in [2.24, 2.45) is 7.05 Å². The summed E-state index contributed by atoms with van der Waals surface area (Å²) in [4.78, 5) is 10.8. The summed E-state index contributed by atoms with van der Waals surface area (Å²) in [7, 11) is 1.99. The molecule has 0 amide bonds. The quantitative estimate of drug-likeness (QED) is 0.765. The van der Waals surface area contributed by atoms with Crippen LogP contribution >= 0.6 is 0 Å². The summed E-state index contributed by atoms with van der Waals surface area (Å²) < 4.78 is 6.83. The molecule has 0 unspecified atom stereocenters. The van der Waals surface area contributed by atoms with Crippen LogP contribution in [-0.2, 0) is 7.05 Å². The van der Waals surface area contributed by atoms with Crippen LogP contribution in [0.5, 0.6) is 0 Å². The molecule has 5 nitrogen and oxygen atoms in total. The van der Waals surface area contributed by atoms with Gasteiger partial charge in [0.25, 0.3) is 0 Å². The Morgan fingerprint density at radius 3 is 2.84 bits per heavy atom. The van der Waals surface area contributed by atoms with Gasteiger partial charge in [0.05, 0.1) is 0 Å².